The van der Waals surface area contributed by atoms with E-state index in [9.17, 15) is 5.11 Å². The third-order valence-corrected chi connectivity index (χ3v) is 3.51. The van der Waals surface area contributed by atoms with E-state index in [-0.39, 0.29) is 0 Å². The Kier molecular flexibility index (Phi) is 2.08. The van der Waals surface area contributed by atoms with E-state index in [0.29, 0.717) is 5.92 Å². The molecule has 0 bridgehead atoms. The zero-order valence-corrected chi connectivity index (χ0v) is 9.22. The van der Waals surface area contributed by atoms with Crippen molar-refractivity contribution in [2.24, 2.45) is 0 Å². The molecule has 1 heteroatoms. The molecule has 1 aliphatic rings. The van der Waals surface area contributed by atoms with E-state index < -0.39 is 6.10 Å². The Morgan fingerprint density at radius 2 is 1.12 bits per heavy atom. The number of hydrogen-bond donors (Lipinski definition) is 1. The van der Waals surface area contributed by atoms with E-state index in [2.05, 4.69) is 19.1 Å². The van der Waals surface area contributed by atoms with Crippen molar-refractivity contribution in [3.05, 3.63) is 70.8 Å². The van der Waals surface area contributed by atoms with Crippen molar-refractivity contribution in [1.82, 2.24) is 0 Å². The lowest BCUT2D eigenvalue weighted by molar-refractivity contribution is 0.214. The van der Waals surface area contributed by atoms with E-state index in [1.807, 2.05) is 36.4 Å². The van der Waals surface area contributed by atoms with Gasteiger partial charge in [0.05, 0.1) is 0 Å². The van der Waals surface area contributed by atoms with Crippen LogP contribution in [0.3, 0.4) is 0 Å². The molecule has 1 aliphatic carbocycles. The molecule has 0 amide bonds. The van der Waals surface area contributed by atoms with Crippen molar-refractivity contribution in [3.8, 4) is 0 Å². The van der Waals surface area contributed by atoms with Crippen LogP contribution in [-0.2, 0) is 0 Å². The number of benzene rings is 2. The van der Waals surface area contributed by atoms with E-state index in [1.165, 1.54) is 11.1 Å². The Morgan fingerprint density at radius 1 is 0.750 bits per heavy atom. The second kappa shape index (κ2) is 3.46. The van der Waals surface area contributed by atoms with Crippen LogP contribution in [0.2, 0.25) is 0 Å². The molecule has 0 heterocycles. The summed E-state index contributed by atoms with van der Waals surface area (Å²) in [5.41, 5.74) is 4.59. The van der Waals surface area contributed by atoms with Crippen LogP contribution in [0.5, 0.6) is 0 Å². The highest BCUT2D eigenvalue weighted by Crippen LogP contribution is 2.41. The molecule has 0 unspecified atom stereocenters. The minimum absolute atomic E-state index is 0.371. The van der Waals surface area contributed by atoms with Gasteiger partial charge in [0.2, 0.25) is 0 Å². The van der Waals surface area contributed by atoms with Crippen molar-refractivity contribution in [1.29, 1.82) is 0 Å². The van der Waals surface area contributed by atoms with Gasteiger partial charge in [-0.2, -0.15) is 0 Å². The highest BCUT2D eigenvalue weighted by molar-refractivity contribution is 5.50. The molecule has 16 heavy (non-hydrogen) atoms. The molecule has 0 fully saturated rings. The topological polar surface area (TPSA) is 20.2 Å². The maximum atomic E-state index is 10.3. The monoisotopic (exact) mass is 210 g/mol. The van der Waals surface area contributed by atoms with Gasteiger partial charge in [0.25, 0.3) is 0 Å². The second-order valence-electron chi connectivity index (χ2n) is 4.38. The van der Waals surface area contributed by atoms with Gasteiger partial charge in [-0.3, -0.25) is 0 Å². The maximum absolute atomic E-state index is 10.3. The first-order valence-electron chi connectivity index (χ1n) is 5.64. The molecule has 0 aromatic heterocycles. The maximum Gasteiger partial charge on any atom is 0.105 e. The highest BCUT2D eigenvalue weighted by Gasteiger charge is 2.27. The molecule has 3 rings (SSSR count). The minimum atomic E-state index is -0.469. The first-order valence-corrected chi connectivity index (χ1v) is 5.64. The summed E-state index contributed by atoms with van der Waals surface area (Å²) in [4.78, 5) is 0. The van der Waals surface area contributed by atoms with Crippen LogP contribution in [-0.4, -0.2) is 5.11 Å². The molecule has 80 valence electrons. The van der Waals surface area contributed by atoms with Gasteiger partial charge in [-0.1, -0.05) is 55.5 Å². The fourth-order valence-corrected chi connectivity index (χ4v) is 2.64. The average molecular weight is 210 g/mol. The predicted molar refractivity (Wildman–Crippen MR) is 64.5 cm³/mol. The third-order valence-electron chi connectivity index (χ3n) is 3.51. The minimum Gasteiger partial charge on any atom is -0.384 e. The van der Waals surface area contributed by atoms with E-state index in [0.717, 1.165) is 11.1 Å². The smallest absolute Gasteiger partial charge is 0.105 e. The molecule has 1 N–H and O–H groups in total. The van der Waals surface area contributed by atoms with Crippen LogP contribution in [0.4, 0.5) is 0 Å². The van der Waals surface area contributed by atoms with Gasteiger partial charge >= 0.3 is 0 Å². The summed E-state index contributed by atoms with van der Waals surface area (Å²) < 4.78 is 0. The summed E-state index contributed by atoms with van der Waals surface area (Å²) in [5, 5.41) is 10.3. The highest BCUT2D eigenvalue weighted by atomic mass is 16.3. The van der Waals surface area contributed by atoms with Gasteiger partial charge in [-0.25, -0.2) is 0 Å². The first kappa shape index (κ1) is 9.61. The Morgan fingerprint density at radius 3 is 1.56 bits per heavy atom. The molecule has 0 atom stereocenters. The Labute approximate surface area is 95.4 Å². The Bertz CT molecular complexity index is 435. The van der Waals surface area contributed by atoms with Crippen LogP contribution in [0.15, 0.2) is 48.5 Å². The lowest BCUT2D eigenvalue weighted by Gasteiger charge is -2.29. The van der Waals surface area contributed by atoms with Crippen molar-refractivity contribution in [3.63, 3.8) is 0 Å². The van der Waals surface area contributed by atoms with Crippen LogP contribution in [0.1, 0.15) is 41.2 Å². The predicted octanol–water partition coefficient (Wildman–Crippen LogP) is 3.23. The molecule has 2 aromatic rings. The van der Waals surface area contributed by atoms with Gasteiger partial charge in [0.1, 0.15) is 6.10 Å². The molecule has 0 radical (unpaired) electrons. The quantitative estimate of drug-likeness (QED) is 0.707. The normalized spacial score (nSPS) is 22.4. The summed E-state index contributed by atoms with van der Waals surface area (Å²) in [6, 6.07) is 16.3. The van der Waals surface area contributed by atoms with Crippen LogP contribution in [0, 0.1) is 0 Å². The Balaban J connectivity index is 2.26. The molecule has 0 saturated carbocycles. The van der Waals surface area contributed by atoms with Crippen LogP contribution >= 0.6 is 0 Å². The lowest BCUT2D eigenvalue weighted by Crippen LogP contribution is -2.15. The van der Waals surface area contributed by atoms with E-state index in [1.54, 1.807) is 0 Å². The lowest BCUT2D eigenvalue weighted by atomic mass is 9.78. The SMILES string of the molecule is CC1c2ccccc2C(O)c2ccccc21. The van der Waals surface area contributed by atoms with Crippen molar-refractivity contribution < 1.29 is 5.11 Å². The largest absolute Gasteiger partial charge is 0.384 e. The van der Waals surface area contributed by atoms with E-state index in [4.69, 9.17) is 0 Å². The summed E-state index contributed by atoms with van der Waals surface area (Å²) in [6.07, 6.45) is -0.469. The van der Waals surface area contributed by atoms with Crippen LogP contribution in [0.25, 0.3) is 0 Å². The number of rotatable bonds is 0. The van der Waals surface area contributed by atoms with Gasteiger partial charge in [0, 0.05) is 5.92 Å². The fourth-order valence-electron chi connectivity index (χ4n) is 2.64. The Hall–Kier alpha value is -1.60. The number of aliphatic hydroxyl groups excluding tert-OH is 1. The van der Waals surface area contributed by atoms with Crippen molar-refractivity contribution in [2.45, 2.75) is 18.9 Å². The zero-order valence-electron chi connectivity index (χ0n) is 9.22. The second-order valence-corrected chi connectivity index (χ2v) is 4.38. The molecular formula is C15H14O. The molecule has 0 saturated heterocycles. The standard InChI is InChI=1S/C15H14O/c1-10-11-6-2-4-8-13(11)15(16)14-9-5-3-7-12(10)14/h2-10,15-16H,1H3. The molecule has 0 aliphatic heterocycles. The van der Waals surface area contributed by atoms with Gasteiger partial charge < -0.3 is 5.11 Å². The van der Waals surface area contributed by atoms with E-state index >= 15 is 0 Å². The molecule has 1 nitrogen and oxygen atoms in total. The molecule has 2 aromatic carbocycles. The number of fused-ring (bicyclic) bond motifs is 2. The van der Waals surface area contributed by atoms with Crippen molar-refractivity contribution in [2.75, 3.05) is 0 Å². The summed E-state index contributed by atoms with van der Waals surface area (Å²) in [6.45, 7) is 2.20. The van der Waals surface area contributed by atoms with Gasteiger partial charge in [-0.15, -0.1) is 0 Å². The van der Waals surface area contributed by atoms with Crippen molar-refractivity contribution >= 4 is 0 Å². The third kappa shape index (κ3) is 1.22. The summed E-state index contributed by atoms with van der Waals surface area (Å²) >= 11 is 0. The zero-order chi connectivity index (χ0) is 11.1. The molecular weight excluding hydrogens is 196 g/mol. The number of aliphatic hydroxyl groups is 1. The summed E-state index contributed by atoms with van der Waals surface area (Å²) in [5.74, 6) is 0.371. The average Bonchev–Trinajstić information content (AvgIpc) is 2.36. The molecule has 0 spiro atoms. The van der Waals surface area contributed by atoms with Crippen LogP contribution < -0.4 is 0 Å². The first-order chi connectivity index (χ1) is 7.79. The van der Waals surface area contributed by atoms with Gasteiger partial charge in [0.15, 0.2) is 0 Å². The van der Waals surface area contributed by atoms with Gasteiger partial charge in [-0.05, 0) is 22.3 Å². The summed E-state index contributed by atoms with van der Waals surface area (Å²) in [7, 11) is 0. The fraction of sp³-hybridized carbons (Fsp3) is 0.200. The number of hydrogen-bond acceptors (Lipinski definition) is 1.